The number of nitro groups is 2. The second-order valence-electron chi connectivity index (χ2n) is 6.28. The number of esters is 3. The van der Waals surface area contributed by atoms with Crippen LogP contribution in [0.15, 0.2) is 18.2 Å². The van der Waals surface area contributed by atoms with Crippen molar-refractivity contribution in [2.45, 2.75) is 45.4 Å². The predicted octanol–water partition coefficient (Wildman–Crippen LogP) is 1.03. The van der Waals surface area contributed by atoms with Gasteiger partial charge >= 0.3 is 29.3 Å². The number of rotatable bonds is 7. The van der Waals surface area contributed by atoms with Gasteiger partial charge in [-0.25, -0.2) is 0 Å². The summed E-state index contributed by atoms with van der Waals surface area (Å²) in [6.45, 7) is 2.94. The Balaban J connectivity index is 2.37. The number of carbonyl (C=O) groups is 3. The lowest BCUT2D eigenvalue weighted by molar-refractivity contribution is -0.422. The van der Waals surface area contributed by atoms with Crippen LogP contribution in [0.1, 0.15) is 20.8 Å². The largest absolute Gasteiger partial charge is 0.460 e. The molecule has 14 nitrogen and oxygen atoms in total. The number of hydrogen-bond donors (Lipinski definition) is 0. The molecule has 1 saturated heterocycles. The van der Waals surface area contributed by atoms with E-state index in [9.17, 15) is 34.6 Å². The summed E-state index contributed by atoms with van der Waals surface area (Å²) in [6.07, 6.45) is -5.30. The Labute approximate surface area is 174 Å². The maximum Gasteiger partial charge on any atom is 0.349 e. The smallest absolute Gasteiger partial charge is 0.349 e. The molecule has 1 aliphatic rings. The molecule has 0 unspecified atom stereocenters. The molecule has 2 rings (SSSR count). The fourth-order valence-corrected chi connectivity index (χ4v) is 2.82. The van der Waals surface area contributed by atoms with Crippen molar-refractivity contribution in [1.29, 1.82) is 0 Å². The standard InChI is InChI=1S/C17H18N2O12/c1-8(20)28-14-7-27-17(16(30-10(3)22)15(14)29-9(2)21)31-11-4-5-12(18(23)24)13(6-11)19(25)26/h4-6,14-17H,7H2,1-3H3/t14-,15-,16+,17+/m1/s1. The van der Waals surface area contributed by atoms with E-state index in [1.807, 2.05) is 0 Å². The van der Waals surface area contributed by atoms with Gasteiger partial charge in [0, 0.05) is 26.8 Å². The first-order chi connectivity index (χ1) is 14.5. The third kappa shape index (κ3) is 6.08. The van der Waals surface area contributed by atoms with Gasteiger partial charge in [0.2, 0.25) is 12.4 Å². The van der Waals surface area contributed by atoms with Crippen molar-refractivity contribution in [3.05, 3.63) is 38.4 Å². The van der Waals surface area contributed by atoms with Crippen LogP contribution in [0.5, 0.6) is 5.75 Å². The molecule has 0 radical (unpaired) electrons. The summed E-state index contributed by atoms with van der Waals surface area (Å²) in [5.74, 6) is -2.51. The summed E-state index contributed by atoms with van der Waals surface area (Å²) in [7, 11) is 0. The molecule has 0 N–H and O–H groups in total. The molecule has 0 aromatic heterocycles. The van der Waals surface area contributed by atoms with E-state index in [1.165, 1.54) is 0 Å². The van der Waals surface area contributed by atoms with Crippen LogP contribution in [0.3, 0.4) is 0 Å². The highest BCUT2D eigenvalue weighted by atomic mass is 16.7. The summed E-state index contributed by atoms with van der Waals surface area (Å²) < 4.78 is 26.3. The number of nitro benzene ring substituents is 2. The molecule has 1 heterocycles. The van der Waals surface area contributed by atoms with Crippen LogP contribution in [0.25, 0.3) is 0 Å². The maximum atomic E-state index is 11.6. The SMILES string of the molecule is CC(=O)O[C@@H]1[C@H](Oc2ccc([N+](=O)[O-])c([N+](=O)[O-])c2)OC[C@@H](OC(C)=O)[C@H]1OC(C)=O. The first-order valence-electron chi connectivity index (χ1n) is 8.72. The predicted molar refractivity (Wildman–Crippen MR) is 96.8 cm³/mol. The topological polar surface area (TPSA) is 184 Å². The van der Waals surface area contributed by atoms with E-state index < -0.39 is 63.7 Å². The third-order valence-corrected chi connectivity index (χ3v) is 3.90. The van der Waals surface area contributed by atoms with Gasteiger partial charge in [0.25, 0.3) is 0 Å². The second kappa shape index (κ2) is 9.80. The quantitative estimate of drug-likeness (QED) is 0.253. The fraction of sp³-hybridized carbons (Fsp3) is 0.471. The Hall–Kier alpha value is -3.81. The monoisotopic (exact) mass is 442 g/mol. The van der Waals surface area contributed by atoms with Crippen LogP contribution in [0, 0.1) is 20.2 Å². The van der Waals surface area contributed by atoms with E-state index >= 15 is 0 Å². The molecule has 1 aromatic rings. The third-order valence-electron chi connectivity index (χ3n) is 3.90. The molecule has 1 aliphatic heterocycles. The average Bonchev–Trinajstić information content (AvgIpc) is 2.65. The van der Waals surface area contributed by atoms with Crippen molar-refractivity contribution in [1.82, 2.24) is 0 Å². The van der Waals surface area contributed by atoms with Gasteiger partial charge in [0.15, 0.2) is 12.2 Å². The zero-order valence-electron chi connectivity index (χ0n) is 16.5. The number of nitrogens with zero attached hydrogens (tertiary/aromatic N) is 2. The molecular formula is C17H18N2O12. The number of hydrogen-bond acceptors (Lipinski definition) is 12. The molecule has 0 amide bonds. The van der Waals surface area contributed by atoms with Gasteiger partial charge in [-0.2, -0.15) is 0 Å². The molecule has 0 bridgehead atoms. The molecule has 168 valence electrons. The number of carbonyl (C=O) groups excluding carboxylic acids is 3. The lowest BCUT2D eigenvalue weighted by atomic mass is 10.0. The van der Waals surface area contributed by atoms with Crippen molar-refractivity contribution in [2.24, 2.45) is 0 Å². The molecule has 0 saturated carbocycles. The molecule has 0 aliphatic carbocycles. The van der Waals surface area contributed by atoms with E-state index in [-0.39, 0.29) is 12.4 Å². The Kier molecular flexibility index (Phi) is 7.42. The molecule has 4 atom stereocenters. The van der Waals surface area contributed by atoms with E-state index in [2.05, 4.69) is 0 Å². The van der Waals surface area contributed by atoms with Crippen LogP contribution in [0.2, 0.25) is 0 Å². The van der Waals surface area contributed by atoms with Crippen molar-refractivity contribution in [3.8, 4) is 5.75 Å². The molecule has 1 fully saturated rings. The molecular weight excluding hydrogens is 424 g/mol. The summed E-state index contributed by atoms with van der Waals surface area (Å²) in [5, 5.41) is 22.1. The normalized spacial score (nSPS) is 22.7. The average molecular weight is 442 g/mol. The lowest BCUT2D eigenvalue weighted by Crippen LogP contribution is -2.59. The van der Waals surface area contributed by atoms with Crippen LogP contribution >= 0.6 is 0 Å². The Bertz CT molecular complexity index is 901. The fourth-order valence-electron chi connectivity index (χ4n) is 2.82. The highest BCUT2D eigenvalue weighted by Crippen LogP contribution is 2.33. The van der Waals surface area contributed by atoms with Crippen LogP contribution in [0.4, 0.5) is 11.4 Å². The van der Waals surface area contributed by atoms with E-state index in [0.717, 1.165) is 39.0 Å². The first-order valence-corrected chi connectivity index (χ1v) is 8.72. The first kappa shape index (κ1) is 23.5. The highest BCUT2D eigenvalue weighted by molar-refractivity contribution is 5.68. The van der Waals surface area contributed by atoms with Gasteiger partial charge in [-0.1, -0.05) is 0 Å². The van der Waals surface area contributed by atoms with Gasteiger partial charge in [0.1, 0.15) is 5.75 Å². The Morgan fingerprint density at radius 2 is 1.45 bits per heavy atom. The zero-order chi connectivity index (χ0) is 23.3. The minimum absolute atomic E-state index is 0.216. The van der Waals surface area contributed by atoms with Gasteiger partial charge in [-0.05, 0) is 6.07 Å². The maximum absolute atomic E-state index is 11.6. The van der Waals surface area contributed by atoms with Crippen LogP contribution in [-0.4, -0.2) is 59.0 Å². The summed E-state index contributed by atoms with van der Waals surface area (Å²) in [4.78, 5) is 54.7. The zero-order valence-corrected chi connectivity index (χ0v) is 16.5. The van der Waals surface area contributed by atoms with Gasteiger partial charge in [-0.3, -0.25) is 34.6 Å². The Morgan fingerprint density at radius 1 is 0.903 bits per heavy atom. The van der Waals surface area contributed by atoms with Crippen LogP contribution in [-0.2, 0) is 33.3 Å². The Morgan fingerprint density at radius 3 is 1.97 bits per heavy atom. The van der Waals surface area contributed by atoms with Crippen molar-refractivity contribution in [2.75, 3.05) is 6.61 Å². The summed E-state index contributed by atoms with van der Waals surface area (Å²) in [6, 6.07) is 2.74. The van der Waals surface area contributed by atoms with Gasteiger partial charge in [-0.15, -0.1) is 0 Å². The second-order valence-corrected chi connectivity index (χ2v) is 6.28. The number of ether oxygens (including phenoxy) is 5. The molecule has 14 heteroatoms. The van der Waals surface area contributed by atoms with E-state index in [4.69, 9.17) is 23.7 Å². The summed E-state index contributed by atoms with van der Waals surface area (Å²) >= 11 is 0. The van der Waals surface area contributed by atoms with Crippen LogP contribution < -0.4 is 4.74 Å². The highest BCUT2D eigenvalue weighted by Gasteiger charge is 2.48. The van der Waals surface area contributed by atoms with Gasteiger partial charge < -0.3 is 23.7 Å². The lowest BCUT2D eigenvalue weighted by Gasteiger charge is -2.40. The molecule has 0 spiro atoms. The minimum Gasteiger partial charge on any atom is -0.460 e. The van der Waals surface area contributed by atoms with E-state index in [0.29, 0.717) is 0 Å². The minimum atomic E-state index is -1.44. The van der Waals surface area contributed by atoms with Crippen molar-refractivity contribution < 1.29 is 47.9 Å². The molecule has 1 aromatic carbocycles. The van der Waals surface area contributed by atoms with Crippen molar-refractivity contribution >= 4 is 29.3 Å². The van der Waals surface area contributed by atoms with E-state index in [1.54, 1.807) is 0 Å². The summed E-state index contributed by atoms with van der Waals surface area (Å²) in [5.41, 5.74) is -1.59. The number of benzene rings is 1. The van der Waals surface area contributed by atoms with Crippen molar-refractivity contribution in [3.63, 3.8) is 0 Å². The molecule has 31 heavy (non-hydrogen) atoms. The van der Waals surface area contributed by atoms with Gasteiger partial charge in [0.05, 0.1) is 22.5 Å².